The molecule has 1 unspecified atom stereocenters. The molecule has 0 saturated heterocycles. The maximum atomic E-state index is 13.2. The summed E-state index contributed by atoms with van der Waals surface area (Å²) in [6, 6.07) is 2.79. The molecule has 1 atom stereocenters. The predicted molar refractivity (Wildman–Crippen MR) is 78.7 cm³/mol. The summed E-state index contributed by atoms with van der Waals surface area (Å²) in [5, 5.41) is 11.4. The Hall–Kier alpha value is -1.95. The number of benzene rings is 1. The fraction of sp³-hybridized carbons (Fsp3) is 0.467. The zero-order valence-corrected chi connectivity index (χ0v) is 12.4. The molecule has 4 N–H and O–H groups in total. The zero-order valence-electron chi connectivity index (χ0n) is 12.4. The molecule has 1 aromatic carbocycles. The minimum absolute atomic E-state index is 0.00915. The van der Waals surface area contributed by atoms with E-state index in [-0.39, 0.29) is 29.1 Å². The van der Waals surface area contributed by atoms with E-state index in [1.165, 1.54) is 0 Å². The molecule has 6 heteroatoms. The molecule has 0 bridgehead atoms. The number of carbonyl (C=O) groups is 2. The number of anilines is 1. The van der Waals surface area contributed by atoms with Gasteiger partial charge in [0.15, 0.2) is 0 Å². The van der Waals surface area contributed by atoms with Gasteiger partial charge in [0.25, 0.3) is 0 Å². The van der Waals surface area contributed by atoms with Gasteiger partial charge in [-0.1, -0.05) is 20.8 Å². The van der Waals surface area contributed by atoms with E-state index in [9.17, 15) is 14.0 Å². The minimum atomic E-state index is -1.23. The first-order valence-corrected chi connectivity index (χ1v) is 6.67. The van der Waals surface area contributed by atoms with Crippen LogP contribution in [0, 0.1) is 11.2 Å². The fourth-order valence-corrected chi connectivity index (χ4v) is 2.10. The van der Waals surface area contributed by atoms with Crippen LogP contribution in [-0.4, -0.2) is 23.0 Å². The van der Waals surface area contributed by atoms with Crippen molar-refractivity contribution in [3.63, 3.8) is 0 Å². The summed E-state index contributed by atoms with van der Waals surface area (Å²) < 4.78 is 13.2. The van der Waals surface area contributed by atoms with Crippen LogP contribution in [0.1, 0.15) is 44.0 Å². The van der Waals surface area contributed by atoms with Crippen molar-refractivity contribution in [3.05, 3.63) is 29.6 Å². The minimum Gasteiger partial charge on any atom is -0.478 e. The second kappa shape index (κ2) is 6.67. The molecule has 1 rings (SSSR count). The Bertz CT molecular complexity index is 538. The lowest BCUT2D eigenvalue weighted by molar-refractivity contribution is -0.116. The van der Waals surface area contributed by atoms with Crippen molar-refractivity contribution < 1.29 is 19.1 Å². The van der Waals surface area contributed by atoms with Gasteiger partial charge in [-0.3, -0.25) is 4.79 Å². The first-order valence-electron chi connectivity index (χ1n) is 6.67. The summed E-state index contributed by atoms with van der Waals surface area (Å²) in [7, 11) is 0. The number of aromatic carboxylic acids is 1. The molecule has 5 nitrogen and oxygen atoms in total. The summed E-state index contributed by atoms with van der Waals surface area (Å²) in [6.07, 6.45) is 0.697. The maximum absolute atomic E-state index is 13.2. The molecule has 0 saturated carbocycles. The van der Waals surface area contributed by atoms with Crippen molar-refractivity contribution in [3.8, 4) is 0 Å². The number of amides is 1. The third-order valence-corrected chi connectivity index (χ3v) is 2.81. The average molecular weight is 296 g/mol. The van der Waals surface area contributed by atoms with Gasteiger partial charge in [0, 0.05) is 12.5 Å². The molecule has 0 fully saturated rings. The van der Waals surface area contributed by atoms with Gasteiger partial charge in [-0.25, -0.2) is 9.18 Å². The average Bonchev–Trinajstić information content (AvgIpc) is 2.24. The van der Waals surface area contributed by atoms with Gasteiger partial charge in [-0.2, -0.15) is 0 Å². The Morgan fingerprint density at radius 2 is 2.00 bits per heavy atom. The third-order valence-electron chi connectivity index (χ3n) is 2.81. The molecule has 0 aliphatic carbocycles. The largest absolute Gasteiger partial charge is 0.478 e. The smallest absolute Gasteiger partial charge is 0.337 e. The van der Waals surface area contributed by atoms with Crippen LogP contribution in [0.5, 0.6) is 0 Å². The van der Waals surface area contributed by atoms with Gasteiger partial charge < -0.3 is 16.2 Å². The lowest BCUT2D eigenvalue weighted by Crippen LogP contribution is -2.31. The van der Waals surface area contributed by atoms with E-state index in [1.807, 2.05) is 20.8 Å². The predicted octanol–water partition coefficient (Wildman–Crippen LogP) is 2.62. The Balaban J connectivity index is 2.75. The molecule has 0 heterocycles. The van der Waals surface area contributed by atoms with Crippen molar-refractivity contribution in [1.29, 1.82) is 0 Å². The number of nitrogens with two attached hydrogens (primary N) is 1. The Morgan fingerprint density at radius 1 is 1.38 bits per heavy atom. The Kier molecular flexibility index (Phi) is 5.43. The number of carboxylic acids is 1. The van der Waals surface area contributed by atoms with E-state index in [2.05, 4.69) is 5.32 Å². The lowest BCUT2D eigenvalue weighted by Gasteiger charge is -2.22. The highest BCUT2D eigenvalue weighted by Gasteiger charge is 2.19. The van der Waals surface area contributed by atoms with Crippen molar-refractivity contribution in [2.75, 3.05) is 5.32 Å². The summed E-state index contributed by atoms with van der Waals surface area (Å²) in [4.78, 5) is 22.9. The van der Waals surface area contributed by atoms with Crippen LogP contribution < -0.4 is 11.1 Å². The lowest BCUT2D eigenvalue weighted by atomic mass is 9.87. The number of nitrogens with one attached hydrogen (secondary N) is 1. The molecule has 0 spiro atoms. The van der Waals surface area contributed by atoms with Crippen molar-refractivity contribution in [1.82, 2.24) is 0 Å². The van der Waals surface area contributed by atoms with E-state index >= 15 is 0 Å². The van der Waals surface area contributed by atoms with Crippen LogP contribution in [0.4, 0.5) is 10.1 Å². The van der Waals surface area contributed by atoms with Gasteiger partial charge >= 0.3 is 5.97 Å². The molecule has 116 valence electrons. The van der Waals surface area contributed by atoms with E-state index in [1.54, 1.807) is 0 Å². The maximum Gasteiger partial charge on any atom is 0.337 e. The van der Waals surface area contributed by atoms with E-state index in [0.29, 0.717) is 6.42 Å². The first kappa shape index (κ1) is 17.1. The third kappa shape index (κ3) is 5.91. The van der Waals surface area contributed by atoms with Gasteiger partial charge in [0.05, 0.1) is 11.3 Å². The summed E-state index contributed by atoms with van der Waals surface area (Å²) in [5.74, 6) is -2.28. The second-order valence-electron chi connectivity index (χ2n) is 6.27. The quantitative estimate of drug-likeness (QED) is 0.778. The number of hydrogen-bond donors (Lipinski definition) is 3. The highest BCUT2D eigenvalue weighted by molar-refractivity contribution is 6.00. The summed E-state index contributed by atoms with van der Waals surface area (Å²) in [5.41, 5.74) is 5.66. The van der Waals surface area contributed by atoms with Gasteiger partial charge in [-0.05, 0) is 30.0 Å². The number of halogens is 1. The first-order chi connectivity index (χ1) is 9.58. The highest BCUT2D eigenvalue weighted by atomic mass is 19.1. The SMILES string of the molecule is CC(C)(C)CC(N)CC(=O)Nc1cc(F)ccc1C(=O)O. The van der Waals surface area contributed by atoms with Crippen molar-refractivity contribution >= 4 is 17.6 Å². The van der Waals surface area contributed by atoms with Crippen LogP contribution in [0.2, 0.25) is 0 Å². The summed E-state index contributed by atoms with van der Waals surface area (Å²) in [6.45, 7) is 6.04. The van der Waals surface area contributed by atoms with E-state index in [0.717, 1.165) is 18.2 Å². The number of hydrogen-bond acceptors (Lipinski definition) is 3. The summed E-state index contributed by atoms with van der Waals surface area (Å²) >= 11 is 0. The van der Waals surface area contributed by atoms with Crippen LogP contribution in [0.25, 0.3) is 0 Å². The van der Waals surface area contributed by atoms with E-state index in [4.69, 9.17) is 10.8 Å². The Labute approximate surface area is 123 Å². The zero-order chi connectivity index (χ0) is 16.2. The molecule has 21 heavy (non-hydrogen) atoms. The topological polar surface area (TPSA) is 92.4 Å². The monoisotopic (exact) mass is 296 g/mol. The number of rotatable bonds is 5. The number of carboxylic acid groups (broad SMARTS) is 1. The van der Waals surface area contributed by atoms with Crippen LogP contribution >= 0.6 is 0 Å². The Morgan fingerprint density at radius 3 is 2.52 bits per heavy atom. The van der Waals surface area contributed by atoms with Crippen molar-refractivity contribution in [2.45, 2.75) is 39.7 Å². The molecular formula is C15H21FN2O3. The molecular weight excluding hydrogens is 275 g/mol. The second-order valence-corrected chi connectivity index (χ2v) is 6.27. The normalized spacial score (nSPS) is 12.8. The van der Waals surface area contributed by atoms with Gasteiger partial charge in [-0.15, -0.1) is 0 Å². The molecule has 1 aromatic rings. The van der Waals surface area contributed by atoms with Crippen LogP contribution in [0.3, 0.4) is 0 Å². The van der Waals surface area contributed by atoms with Gasteiger partial charge in [0.1, 0.15) is 5.82 Å². The van der Waals surface area contributed by atoms with E-state index < -0.39 is 17.7 Å². The molecule has 0 aliphatic heterocycles. The van der Waals surface area contributed by atoms with Crippen LogP contribution in [0.15, 0.2) is 18.2 Å². The molecule has 0 aliphatic rings. The number of carbonyl (C=O) groups excluding carboxylic acids is 1. The van der Waals surface area contributed by atoms with Gasteiger partial charge in [0.2, 0.25) is 5.91 Å². The standard InChI is InChI=1S/C15H21FN2O3/c1-15(2,3)8-10(17)7-13(19)18-12-6-9(16)4-5-11(12)14(20)21/h4-6,10H,7-8,17H2,1-3H3,(H,18,19)(H,20,21). The molecule has 0 radical (unpaired) electrons. The molecule has 1 amide bonds. The van der Waals surface area contributed by atoms with Crippen molar-refractivity contribution in [2.24, 2.45) is 11.1 Å². The molecule has 0 aromatic heterocycles. The fourth-order valence-electron chi connectivity index (χ4n) is 2.10. The van der Waals surface area contributed by atoms with Crippen LogP contribution in [-0.2, 0) is 4.79 Å². The highest BCUT2D eigenvalue weighted by Crippen LogP contribution is 2.22.